The summed E-state index contributed by atoms with van der Waals surface area (Å²) in [6, 6.07) is 15.9. The van der Waals surface area contributed by atoms with Gasteiger partial charge >= 0.3 is 6.09 Å². The van der Waals surface area contributed by atoms with Gasteiger partial charge in [0, 0.05) is 43.9 Å². The van der Waals surface area contributed by atoms with Crippen molar-refractivity contribution in [2.45, 2.75) is 49.3 Å². The third-order valence-corrected chi connectivity index (χ3v) is 11.6. The number of carbonyl (C=O) groups is 2. The lowest BCUT2D eigenvalue weighted by molar-refractivity contribution is -0.132. The second-order valence-electron chi connectivity index (χ2n) is 13.2. The molecule has 290 valence electrons. The highest BCUT2D eigenvalue weighted by Crippen LogP contribution is 2.53. The van der Waals surface area contributed by atoms with Crippen LogP contribution >= 0.6 is 24.8 Å². The lowest BCUT2D eigenvalue weighted by Crippen LogP contribution is -2.55. The fourth-order valence-electron chi connectivity index (χ4n) is 7.15. The number of likely N-dealkylation sites (tertiary alicyclic amines) is 1. The number of fused-ring (bicyclic) bond motifs is 1. The minimum absolute atomic E-state index is 0. The van der Waals surface area contributed by atoms with Crippen LogP contribution in [0.5, 0.6) is 23.0 Å². The Balaban J connectivity index is 0.00000314. The van der Waals surface area contributed by atoms with Gasteiger partial charge in [0.05, 0.1) is 38.7 Å². The van der Waals surface area contributed by atoms with Crippen LogP contribution in [0.4, 0.5) is 10.5 Å². The molecule has 0 aliphatic carbocycles. The van der Waals surface area contributed by atoms with Gasteiger partial charge in [-0.25, -0.2) is 13.2 Å². The van der Waals surface area contributed by atoms with E-state index in [2.05, 4.69) is 16.8 Å². The highest BCUT2D eigenvalue weighted by molar-refractivity contribution is 7.93. The Morgan fingerprint density at radius 1 is 0.792 bits per heavy atom. The van der Waals surface area contributed by atoms with Crippen molar-refractivity contribution < 1.29 is 41.7 Å². The van der Waals surface area contributed by atoms with Crippen LogP contribution in [0.15, 0.2) is 65.6 Å². The summed E-state index contributed by atoms with van der Waals surface area (Å²) in [6.07, 6.45) is 1.05. The number of hydrogen-bond acceptors (Lipinski definition) is 11. The van der Waals surface area contributed by atoms with Crippen LogP contribution < -0.4 is 23.3 Å². The molecule has 16 heteroatoms. The molecule has 53 heavy (non-hydrogen) atoms. The van der Waals surface area contributed by atoms with Crippen molar-refractivity contribution in [1.82, 2.24) is 14.7 Å². The third kappa shape index (κ3) is 7.83. The zero-order valence-corrected chi connectivity index (χ0v) is 33.2. The van der Waals surface area contributed by atoms with Crippen LogP contribution in [0, 0.1) is 0 Å². The van der Waals surface area contributed by atoms with Gasteiger partial charge in [0.25, 0.3) is 15.9 Å². The van der Waals surface area contributed by atoms with Crippen molar-refractivity contribution >= 4 is 52.5 Å². The van der Waals surface area contributed by atoms with E-state index in [1.54, 1.807) is 35.2 Å². The number of amides is 2. The first-order valence-electron chi connectivity index (χ1n) is 17.1. The quantitative estimate of drug-likeness (QED) is 0.270. The number of piperazine rings is 1. The van der Waals surface area contributed by atoms with E-state index in [0.717, 1.165) is 25.9 Å². The Kier molecular flexibility index (Phi) is 13.4. The normalized spacial score (nSPS) is 19.6. The molecule has 2 fully saturated rings. The van der Waals surface area contributed by atoms with Crippen LogP contribution in [0.25, 0.3) is 0 Å². The van der Waals surface area contributed by atoms with E-state index < -0.39 is 27.6 Å². The molecule has 6 rings (SSSR count). The number of anilines is 1. The summed E-state index contributed by atoms with van der Waals surface area (Å²) >= 11 is 0. The predicted octanol–water partition coefficient (Wildman–Crippen LogP) is 5.17. The maximum Gasteiger partial charge on any atom is 0.411 e. The van der Waals surface area contributed by atoms with E-state index in [0.29, 0.717) is 48.0 Å². The highest BCUT2D eigenvalue weighted by atomic mass is 35.5. The lowest BCUT2D eigenvalue weighted by Gasteiger charge is -2.42. The molecule has 0 radical (unpaired) electrons. The van der Waals surface area contributed by atoms with Gasteiger partial charge in [0.2, 0.25) is 5.60 Å². The van der Waals surface area contributed by atoms with E-state index >= 15 is 4.79 Å². The third-order valence-electron chi connectivity index (χ3n) is 9.82. The molecule has 3 aromatic carbocycles. The van der Waals surface area contributed by atoms with E-state index in [9.17, 15) is 13.2 Å². The predicted molar refractivity (Wildman–Crippen MR) is 205 cm³/mol. The summed E-state index contributed by atoms with van der Waals surface area (Å²) in [5.74, 6) is -0.0878. The highest BCUT2D eigenvalue weighted by Gasteiger charge is 2.61. The summed E-state index contributed by atoms with van der Waals surface area (Å²) in [5, 5.41) is 0. The van der Waals surface area contributed by atoms with E-state index in [4.69, 9.17) is 23.7 Å². The fraction of sp³-hybridized carbons (Fsp3) is 0.459. The molecule has 3 heterocycles. The Labute approximate surface area is 323 Å². The summed E-state index contributed by atoms with van der Waals surface area (Å²) in [5.41, 5.74) is -1.99. The molecule has 0 saturated carbocycles. The number of ether oxygens (including phenoxy) is 5. The smallest absolute Gasteiger partial charge is 0.411 e. The first-order chi connectivity index (χ1) is 24.4. The maximum absolute atomic E-state index is 15.2. The largest absolute Gasteiger partial charge is 0.497 e. The first-order valence-corrected chi connectivity index (χ1v) is 18.6. The van der Waals surface area contributed by atoms with Crippen LogP contribution in [-0.2, 0) is 25.2 Å². The Morgan fingerprint density at radius 2 is 1.42 bits per heavy atom. The van der Waals surface area contributed by atoms with Crippen molar-refractivity contribution in [3.8, 4) is 23.0 Å². The molecule has 13 nitrogen and oxygen atoms in total. The average Bonchev–Trinajstić information content (AvgIpc) is 3.38. The summed E-state index contributed by atoms with van der Waals surface area (Å²) in [6.45, 7) is 7.80. The molecular weight excluding hydrogens is 747 g/mol. The van der Waals surface area contributed by atoms with Gasteiger partial charge in [-0.1, -0.05) is 18.2 Å². The van der Waals surface area contributed by atoms with Crippen molar-refractivity contribution in [3.05, 3.63) is 71.8 Å². The first kappa shape index (κ1) is 41.8. The van der Waals surface area contributed by atoms with Gasteiger partial charge in [0.15, 0.2) is 0 Å². The van der Waals surface area contributed by atoms with E-state index in [1.807, 2.05) is 13.8 Å². The Morgan fingerprint density at radius 3 is 2.04 bits per heavy atom. The molecule has 0 aromatic heterocycles. The summed E-state index contributed by atoms with van der Waals surface area (Å²) in [4.78, 5) is 35.6. The van der Waals surface area contributed by atoms with E-state index in [1.165, 1.54) is 51.7 Å². The van der Waals surface area contributed by atoms with Gasteiger partial charge in [-0.05, 0) is 83.2 Å². The summed E-state index contributed by atoms with van der Waals surface area (Å²) in [7, 11) is 1.69. The summed E-state index contributed by atoms with van der Waals surface area (Å²) < 4.78 is 59.0. The van der Waals surface area contributed by atoms with Crippen LogP contribution in [0.3, 0.4) is 0 Å². The number of rotatable bonds is 10. The number of para-hydroxylation sites is 1. The number of halogens is 2. The van der Waals surface area contributed by atoms with Gasteiger partial charge in [-0.2, -0.15) is 4.31 Å². The lowest BCUT2D eigenvalue weighted by atomic mass is 9.86. The monoisotopic (exact) mass is 794 g/mol. The van der Waals surface area contributed by atoms with Gasteiger partial charge in [-0.15, -0.1) is 24.8 Å². The Hall–Kier alpha value is -3.95. The standard InChI is InChI=1S/C37H46N4O9S.2ClH/c1-25(2)49-32-10-8-7-9-29(32)37(50-36(43)40-21-19-39(20-22-40)26-15-17-38(3)18-16-26)30-23-27(46-4)11-13-31(30)41(35(37)42)51(44,45)34-14-12-28(47-5)24-33(34)48-6;;/h7-14,23-26H,15-22H2,1-6H3;2*1H. The van der Waals surface area contributed by atoms with Crippen molar-refractivity contribution in [2.75, 3.05) is 72.0 Å². The molecular formula is C37H48Cl2N4O9S. The van der Waals surface area contributed by atoms with Crippen molar-refractivity contribution in [1.29, 1.82) is 0 Å². The number of hydrogen-bond donors (Lipinski definition) is 0. The molecule has 1 unspecified atom stereocenters. The van der Waals surface area contributed by atoms with Gasteiger partial charge in [0.1, 0.15) is 27.9 Å². The second-order valence-corrected chi connectivity index (χ2v) is 15.0. The number of sulfonamides is 1. The number of benzene rings is 3. The molecule has 2 saturated heterocycles. The van der Waals surface area contributed by atoms with Gasteiger partial charge in [-0.3, -0.25) is 9.69 Å². The number of piperidine rings is 1. The topological polar surface area (TPSA) is 127 Å². The Bertz CT molecular complexity index is 1880. The second kappa shape index (κ2) is 17.0. The zero-order chi connectivity index (χ0) is 36.5. The van der Waals surface area contributed by atoms with Crippen LogP contribution in [-0.4, -0.2) is 115 Å². The maximum atomic E-state index is 15.2. The van der Waals surface area contributed by atoms with Crippen molar-refractivity contribution in [2.24, 2.45) is 0 Å². The number of methoxy groups -OCH3 is 3. The number of carbonyl (C=O) groups excluding carboxylic acids is 2. The fourth-order valence-corrected chi connectivity index (χ4v) is 8.75. The van der Waals surface area contributed by atoms with Crippen LogP contribution in [0.1, 0.15) is 37.8 Å². The van der Waals surface area contributed by atoms with Crippen LogP contribution in [0.2, 0.25) is 0 Å². The van der Waals surface area contributed by atoms with Gasteiger partial charge < -0.3 is 33.5 Å². The van der Waals surface area contributed by atoms with Crippen molar-refractivity contribution in [3.63, 3.8) is 0 Å². The SMILES string of the molecule is COc1ccc(S(=O)(=O)N2C(=O)C(OC(=O)N3CCN(C4CCN(C)CC4)CC3)(c3ccccc3OC(C)C)c3cc(OC)ccc32)c(OC)c1.Cl.Cl. The number of nitrogens with zero attached hydrogens (tertiary/aromatic N) is 4. The minimum Gasteiger partial charge on any atom is -0.497 e. The molecule has 3 aromatic rings. The molecule has 0 spiro atoms. The van der Waals surface area contributed by atoms with E-state index in [-0.39, 0.29) is 64.1 Å². The molecule has 3 aliphatic rings. The molecule has 2 amide bonds. The molecule has 3 aliphatic heterocycles. The average molecular weight is 796 g/mol. The molecule has 0 bridgehead atoms. The molecule has 1 atom stereocenters. The molecule has 0 N–H and O–H groups in total. The zero-order valence-electron chi connectivity index (χ0n) is 30.8. The minimum atomic E-state index is -4.68.